The van der Waals surface area contributed by atoms with Crippen molar-refractivity contribution in [3.8, 4) is 0 Å². The minimum absolute atomic E-state index is 0.000170. The van der Waals surface area contributed by atoms with Crippen molar-refractivity contribution in [3.05, 3.63) is 57.1 Å². The highest BCUT2D eigenvalue weighted by Gasteiger charge is 2.62. The van der Waals surface area contributed by atoms with Crippen LogP contribution in [0.15, 0.2) is 29.6 Å². The molecule has 0 bridgehead atoms. The first-order valence-electron chi connectivity index (χ1n) is 8.94. The molecule has 5 nitrogen and oxygen atoms in total. The van der Waals surface area contributed by atoms with E-state index in [2.05, 4.69) is 15.1 Å². The normalized spacial score (nSPS) is 19.0. The molecular formula is C19H13Cl2F6N3O2. The minimum Gasteiger partial charge on any atom is -0.374 e. The standard InChI is InChI=1S/C19H13Cl2F6N3O2/c1-9-13(15(31)2-3-18(22,23)24)8-28-16(29-9)14-7-17(32-30-14,19(25,26)27)10-4-11(20)6-12(21)5-10/h4-6,8H,2-3,7H2,1H3. The van der Waals surface area contributed by atoms with Crippen LogP contribution in [-0.4, -0.2) is 33.8 Å². The van der Waals surface area contributed by atoms with Gasteiger partial charge in [-0.2, -0.15) is 26.3 Å². The third kappa shape index (κ3) is 4.98. The van der Waals surface area contributed by atoms with Gasteiger partial charge in [0.25, 0.3) is 5.60 Å². The van der Waals surface area contributed by atoms with Crippen molar-refractivity contribution >= 4 is 34.7 Å². The molecule has 0 aliphatic carbocycles. The summed E-state index contributed by atoms with van der Waals surface area (Å²) in [6.45, 7) is 1.33. The molecule has 3 rings (SSSR count). The highest BCUT2D eigenvalue weighted by atomic mass is 35.5. The second-order valence-electron chi connectivity index (χ2n) is 7.02. The maximum atomic E-state index is 14.0. The van der Waals surface area contributed by atoms with Gasteiger partial charge in [0.2, 0.25) is 0 Å². The maximum absolute atomic E-state index is 14.0. The van der Waals surface area contributed by atoms with Gasteiger partial charge >= 0.3 is 12.4 Å². The first-order valence-corrected chi connectivity index (χ1v) is 9.70. The van der Waals surface area contributed by atoms with Gasteiger partial charge in [-0.15, -0.1) is 0 Å². The molecule has 2 aromatic rings. The van der Waals surface area contributed by atoms with Gasteiger partial charge in [0.15, 0.2) is 11.6 Å². The molecule has 1 atom stereocenters. The number of hydrogen-bond donors (Lipinski definition) is 0. The lowest BCUT2D eigenvalue weighted by atomic mass is 9.88. The summed E-state index contributed by atoms with van der Waals surface area (Å²) in [4.78, 5) is 24.6. The van der Waals surface area contributed by atoms with E-state index in [1.807, 2.05) is 0 Å². The fourth-order valence-electron chi connectivity index (χ4n) is 3.08. The molecule has 13 heteroatoms. The summed E-state index contributed by atoms with van der Waals surface area (Å²) in [6, 6.07) is 3.36. The van der Waals surface area contributed by atoms with E-state index in [9.17, 15) is 31.1 Å². The van der Waals surface area contributed by atoms with E-state index in [1.165, 1.54) is 13.0 Å². The van der Waals surface area contributed by atoms with E-state index in [0.29, 0.717) is 0 Å². The molecule has 0 spiro atoms. The number of alkyl halides is 6. The number of benzene rings is 1. The van der Waals surface area contributed by atoms with E-state index < -0.39 is 43.0 Å². The van der Waals surface area contributed by atoms with Gasteiger partial charge in [-0.3, -0.25) is 4.79 Å². The van der Waals surface area contributed by atoms with Crippen molar-refractivity contribution in [2.75, 3.05) is 0 Å². The maximum Gasteiger partial charge on any atom is 0.435 e. The van der Waals surface area contributed by atoms with Crippen molar-refractivity contribution in [1.82, 2.24) is 9.97 Å². The molecule has 0 amide bonds. The average Bonchev–Trinajstić information content (AvgIpc) is 3.11. The van der Waals surface area contributed by atoms with Gasteiger partial charge in [-0.1, -0.05) is 28.4 Å². The largest absolute Gasteiger partial charge is 0.435 e. The van der Waals surface area contributed by atoms with Gasteiger partial charge in [0.05, 0.1) is 24.1 Å². The summed E-state index contributed by atoms with van der Waals surface area (Å²) >= 11 is 11.7. The zero-order valence-electron chi connectivity index (χ0n) is 16.1. The van der Waals surface area contributed by atoms with Crippen molar-refractivity contribution in [2.45, 2.75) is 44.1 Å². The number of oxime groups is 1. The predicted octanol–water partition coefficient (Wildman–Crippen LogP) is 6.20. The third-order valence-electron chi connectivity index (χ3n) is 4.69. The Kier molecular flexibility index (Phi) is 6.45. The molecule has 32 heavy (non-hydrogen) atoms. The van der Waals surface area contributed by atoms with Crippen LogP contribution in [0, 0.1) is 6.92 Å². The summed E-state index contributed by atoms with van der Waals surface area (Å²) in [5.74, 6) is -1.09. The smallest absolute Gasteiger partial charge is 0.374 e. The molecule has 0 fully saturated rings. The van der Waals surface area contributed by atoms with Gasteiger partial charge < -0.3 is 4.84 Å². The second kappa shape index (κ2) is 8.51. The first kappa shape index (κ1) is 24.2. The molecule has 1 aliphatic rings. The van der Waals surface area contributed by atoms with Crippen LogP contribution in [0.3, 0.4) is 0 Å². The molecule has 0 radical (unpaired) electrons. The van der Waals surface area contributed by atoms with Crippen LogP contribution in [-0.2, 0) is 10.4 Å². The van der Waals surface area contributed by atoms with Crippen molar-refractivity contribution < 1.29 is 36.0 Å². The van der Waals surface area contributed by atoms with Crippen molar-refractivity contribution in [3.63, 3.8) is 0 Å². The van der Waals surface area contributed by atoms with Crippen LogP contribution in [0.5, 0.6) is 0 Å². The summed E-state index contributed by atoms with van der Waals surface area (Å²) < 4.78 is 79.1. The average molecular weight is 500 g/mol. The Hall–Kier alpha value is -2.40. The Morgan fingerprint density at radius 1 is 1.12 bits per heavy atom. The minimum atomic E-state index is -4.92. The first-order chi connectivity index (χ1) is 14.7. The molecule has 0 N–H and O–H groups in total. The molecule has 0 saturated heterocycles. The molecule has 1 aliphatic heterocycles. The molecule has 1 aromatic carbocycles. The highest BCUT2D eigenvalue weighted by molar-refractivity contribution is 6.34. The van der Waals surface area contributed by atoms with Gasteiger partial charge in [0, 0.05) is 28.2 Å². The van der Waals surface area contributed by atoms with E-state index >= 15 is 0 Å². The lowest BCUT2D eigenvalue weighted by Crippen LogP contribution is -2.42. The number of carbonyl (C=O) groups excluding carboxylic acids is 1. The molecular weight excluding hydrogens is 487 g/mol. The Morgan fingerprint density at radius 3 is 2.28 bits per heavy atom. The van der Waals surface area contributed by atoms with Crippen LogP contribution in [0.25, 0.3) is 0 Å². The molecule has 172 valence electrons. The van der Waals surface area contributed by atoms with Gasteiger partial charge in [0.1, 0.15) is 5.71 Å². The fraction of sp³-hybridized carbons (Fsp3) is 0.368. The van der Waals surface area contributed by atoms with Gasteiger partial charge in [-0.25, -0.2) is 9.97 Å². The van der Waals surface area contributed by atoms with E-state index in [0.717, 1.165) is 18.3 Å². The van der Waals surface area contributed by atoms with E-state index in [4.69, 9.17) is 28.0 Å². The zero-order chi connectivity index (χ0) is 23.9. The Balaban J connectivity index is 1.88. The highest BCUT2D eigenvalue weighted by Crippen LogP contribution is 2.49. The predicted molar refractivity (Wildman–Crippen MR) is 103 cm³/mol. The second-order valence-corrected chi connectivity index (χ2v) is 7.89. The van der Waals surface area contributed by atoms with Crippen molar-refractivity contribution in [2.24, 2.45) is 5.16 Å². The monoisotopic (exact) mass is 499 g/mol. The molecule has 0 saturated carbocycles. The Labute approximate surface area is 187 Å². The lowest BCUT2D eigenvalue weighted by Gasteiger charge is -2.29. The van der Waals surface area contributed by atoms with Gasteiger partial charge in [-0.05, 0) is 25.1 Å². The number of hydrogen-bond acceptors (Lipinski definition) is 5. The molecule has 2 heterocycles. The van der Waals surface area contributed by atoms with E-state index in [-0.39, 0.29) is 38.4 Å². The SMILES string of the molecule is Cc1nc(C2=NOC(c3cc(Cl)cc(Cl)c3)(C(F)(F)F)C2)ncc1C(=O)CCC(F)(F)F. The zero-order valence-corrected chi connectivity index (χ0v) is 17.6. The van der Waals surface area contributed by atoms with Crippen LogP contribution < -0.4 is 0 Å². The Bertz CT molecular complexity index is 1070. The number of aromatic nitrogens is 2. The van der Waals surface area contributed by atoms with Crippen LogP contribution in [0.1, 0.15) is 46.7 Å². The van der Waals surface area contributed by atoms with Crippen LogP contribution in [0.2, 0.25) is 10.0 Å². The Morgan fingerprint density at radius 2 is 1.75 bits per heavy atom. The molecule has 1 unspecified atom stereocenters. The topological polar surface area (TPSA) is 64.4 Å². The number of halogens is 8. The number of rotatable bonds is 5. The summed E-state index contributed by atoms with van der Waals surface area (Å²) in [6.07, 6.45) is -11.4. The van der Waals surface area contributed by atoms with Crippen LogP contribution in [0.4, 0.5) is 26.3 Å². The fourth-order valence-corrected chi connectivity index (χ4v) is 3.61. The number of ketones is 1. The quantitative estimate of drug-likeness (QED) is 0.363. The number of aryl methyl sites for hydroxylation is 1. The van der Waals surface area contributed by atoms with Crippen molar-refractivity contribution in [1.29, 1.82) is 0 Å². The summed E-state index contributed by atoms with van der Waals surface area (Å²) in [5, 5.41) is 3.42. The molecule has 1 aromatic heterocycles. The number of carbonyl (C=O) groups is 1. The number of Topliss-reactive ketones (excluding diaryl/α,β-unsaturated/α-hetero) is 1. The third-order valence-corrected chi connectivity index (χ3v) is 5.12. The summed E-state index contributed by atoms with van der Waals surface area (Å²) in [5.41, 5.74) is -3.70. The lowest BCUT2D eigenvalue weighted by molar-refractivity contribution is -0.275. The number of nitrogens with zero attached hydrogens (tertiary/aromatic N) is 3. The van der Waals surface area contributed by atoms with Crippen LogP contribution >= 0.6 is 23.2 Å². The summed E-state index contributed by atoms with van der Waals surface area (Å²) in [7, 11) is 0. The van der Waals surface area contributed by atoms with E-state index in [1.54, 1.807) is 0 Å².